The number of thiol groups is 1. The van der Waals surface area contributed by atoms with E-state index >= 15 is 0 Å². The van der Waals surface area contributed by atoms with Crippen LogP contribution in [0, 0.1) is 5.82 Å². The van der Waals surface area contributed by atoms with Crippen LogP contribution in [0.5, 0.6) is 0 Å². The highest BCUT2D eigenvalue weighted by atomic mass is 32.2. The van der Waals surface area contributed by atoms with Gasteiger partial charge in [0.15, 0.2) is 6.29 Å². The van der Waals surface area contributed by atoms with Crippen LogP contribution in [0.1, 0.15) is 33.0 Å². The number of ether oxygens (including phenoxy) is 1. The van der Waals surface area contributed by atoms with Gasteiger partial charge in [0.25, 0.3) is 0 Å². The van der Waals surface area contributed by atoms with Crippen LogP contribution in [0.2, 0.25) is 0 Å². The molecule has 0 saturated heterocycles. The second kappa shape index (κ2) is 9.08. The lowest BCUT2D eigenvalue weighted by Crippen LogP contribution is -2.26. The molecule has 0 aromatic heterocycles. The second-order valence-electron chi connectivity index (χ2n) is 7.85. The molecule has 166 valence electrons. The summed E-state index contributed by atoms with van der Waals surface area (Å²) in [6.45, 7) is 0.235. The molecule has 0 radical (unpaired) electrons. The fourth-order valence-corrected chi connectivity index (χ4v) is 6.32. The number of halogens is 1. The van der Waals surface area contributed by atoms with Crippen molar-refractivity contribution in [2.45, 2.75) is 5.92 Å². The quantitative estimate of drug-likeness (QED) is 0.351. The largest absolute Gasteiger partial charge is 0.449 e. The van der Waals surface area contributed by atoms with Gasteiger partial charge in [-0.3, -0.25) is 4.79 Å². The molecule has 3 aromatic carbocycles. The van der Waals surface area contributed by atoms with E-state index in [2.05, 4.69) is 29.6 Å². The summed E-state index contributed by atoms with van der Waals surface area (Å²) in [6.07, 6.45) is 3.78. The predicted octanol–water partition coefficient (Wildman–Crippen LogP) is 6.00. The van der Waals surface area contributed by atoms with Crippen molar-refractivity contribution in [1.82, 2.24) is 5.32 Å². The summed E-state index contributed by atoms with van der Waals surface area (Å²) in [5.74, 6) is -0.145. The van der Waals surface area contributed by atoms with Crippen LogP contribution in [-0.4, -0.2) is 24.9 Å². The summed E-state index contributed by atoms with van der Waals surface area (Å²) in [7, 11) is -0.991. The third-order valence-corrected chi connectivity index (χ3v) is 8.02. The summed E-state index contributed by atoms with van der Waals surface area (Å²) < 4.78 is 20.1. The van der Waals surface area contributed by atoms with Crippen molar-refractivity contribution in [2.24, 2.45) is 0 Å². The molecule has 5 rings (SSSR count). The Labute approximate surface area is 194 Å². The molecule has 2 aliphatic rings. The van der Waals surface area contributed by atoms with Gasteiger partial charge in [-0.15, -0.1) is 0 Å². The number of aldehydes is 1. The van der Waals surface area contributed by atoms with Crippen molar-refractivity contribution in [3.63, 3.8) is 0 Å². The number of carbonyl (C=O) groups is 2. The molecule has 1 heterocycles. The van der Waals surface area contributed by atoms with Crippen molar-refractivity contribution in [3.05, 3.63) is 112 Å². The van der Waals surface area contributed by atoms with E-state index in [1.807, 2.05) is 35.7 Å². The molecule has 1 aliphatic heterocycles. The molecule has 33 heavy (non-hydrogen) atoms. The minimum atomic E-state index is -0.991. The highest BCUT2D eigenvalue weighted by Gasteiger charge is 2.29. The smallest absolute Gasteiger partial charge is 0.407 e. The van der Waals surface area contributed by atoms with E-state index in [1.54, 1.807) is 12.1 Å². The zero-order valence-corrected chi connectivity index (χ0v) is 18.6. The Balaban J connectivity index is 1.24. The minimum Gasteiger partial charge on any atom is -0.449 e. The third-order valence-electron chi connectivity index (χ3n) is 6.00. The average molecular weight is 460 g/mol. The fraction of sp³-hybridized carbons (Fsp3) is 0.111. The van der Waals surface area contributed by atoms with Gasteiger partial charge >= 0.3 is 6.09 Å². The normalized spacial score (nSPS) is 17.2. The number of rotatable bonds is 6. The molecule has 0 spiro atoms. The Hall–Kier alpha value is -3.64. The van der Waals surface area contributed by atoms with E-state index in [0.29, 0.717) is 23.3 Å². The highest BCUT2D eigenvalue weighted by molar-refractivity contribution is 8.27. The van der Waals surface area contributed by atoms with Crippen LogP contribution >= 0.6 is 10.9 Å². The van der Waals surface area contributed by atoms with Gasteiger partial charge in [0.2, 0.25) is 0 Å². The van der Waals surface area contributed by atoms with Crippen molar-refractivity contribution in [1.29, 1.82) is 0 Å². The monoisotopic (exact) mass is 459 g/mol. The summed E-state index contributed by atoms with van der Waals surface area (Å²) in [5.41, 5.74) is 5.26. The van der Waals surface area contributed by atoms with Gasteiger partial charge < -0.3 is 10.1 Å². The third kappa shape index (κ3) is 3.98. The number of hydrogen-bond acceptors (Lipinski definition) is 3. The van der Waals surface area contributed by atoms with Gasteiger partial charge in [0.1, 0.15) is 12.4 Å². The van der Waals surface area contributed by atoms with Crippen LogP contribution in [0.15, 0.2) is 84.3 Å². The molecular formula is C27H22FNO3S. The fourth-order valence-electron chi connectivity index (χ4n) is 4.49. The molecule has 0 fully saturated rings. The Bertz CT molecular complexity index is 1250. The molecular weight excluding hydrogens is 437 g/mol. The number of amides is 1. The van der Waals surface area contributed by atoms with Gasteiger partial charge in [-0.1, -0.05) is 66.7 Å². The number of carbonyl (C=O) groups excluding carboxylic acids is 2. The maximum Gasteiger partial charge on any atom is 0.407 e. The molecule has 3 aromatic rings. The molecule has 1 aliphatic carbocycles. The number of fused-ring (bicyclic) bond motifs is 3. The molecule has 0 saturated carbocycles. The van der Waals surface area contributed by atoms with Gasteiger partial charge in [-0.2, -0.15) is 10.9 Å². The first-order valence-corrected chi connectivity index (χ1v) is 12.2. The average Bonchev–Trinajstić information content (AvgIpc) is 3.43. The first-order chi connectivity index (χ1) is 16.2. The Morgan fingerprint density at radius 1 is 1.00 bits per heavy atom. The minimum absolute atomic E-state index is 0.00994. The molecule has 1 N–H and O–H groups in total. The van der Waals surface area contributed by atoms with Crippen LogP contribution < -0.4 is 5.32 Å². The Morgan fingerprint density at radius 2 is 1.70 bits per heavy atom. The summed E-state index contributed by atoms with van der Waals surface area (Å²) in [4.78, 5) is 24.6. The van der Waals surface area contributed by atoms with Crippen LogP contribution in [-0.2, 0) is 4.74 Å². The highest BCUT2D eigenvalue weighted by Crippen LogP contribution is 2.48. The molecule has 0 bridgehead atoms. The van der Waals surface area contributed by atoms with Gasteiger partial charge in [-0.25, -0.2) is 9.18 Å². The summed E-state index contributed by atoms with van der Waals surface area (Å²) >= 11 is 0. The standard InChI is InChI=1S/C27H22FNO3S/c28-24-12-5-7-18(15-30)26(24)25-13-6-14-33(25)17-29-27(31)32-16-23-21-10-3-1-8-19(21)20-9-2-4-11-22(20)23/h1-15,23,33H,16-17H2,(H,29,31). The molecule has 1 atom stereocenters. The van der Waals surface area contributed by atoms with Crippen LogP contribution in [0.3, 0.4) is 0 Å². The molecule has 6 heteroatoms. The van der Waals surface area contributed by atoms with Crippen molar-refractivity contribution >= 4 is 28.2 Å². The maximum atomic E-state index is 14.5. The van der Waals surface area contributed by atoms with Crippen molar-refractivity contribution in [3.8, 4) is 11.1 Å². The van der Waals surface area contributed by atoms with E-state index in [4.69, 9.17) is 4.74 Å². The van der Waals surface area contributed by atoms with Crippen LogP contribution in [0.25, 0.3) is 16.0 Å². The predicted molar refractivity (Wildman–Crippen MR) is 131 cm³/mol. The lowest BCUT2D eigenvalue weighted by atomic mass is 9.98. The first kappa shape index (κ1) is 21.2. The number of hydrogen-bond donors (Lipinski definition) is 2. The summed E-state index contributed by atoms with van der Waals surface area (Å²) in [6, 6.07) is 20.8. The van der Waals surface area contributed by atoms with E-state index < -0.39 is 22.8 Å². The lowest BCUT2D eigenvalue weighted by molar-refractivity contribution is 0.112. The van der Waals surface area contributed by atoms with Crippen molar-refractivity contribution < 1.29 is 18.7 Å². The maximum absolute atomic E-state index is 14.5. The SMILES string of the molecule is O=Cc1cccc(F)c1C1=CC=C[SH]1CNC(=O)OCC1c2ccccc2-c2ccccc21. The molecule has 1 unspecified atom stereocenters. The Kier molecular flexibility index (Phi) is 5.84. The number of nitrogens with one attached hydrogen (secondary N) is 1. The van der Waals surface area contributed by atoms with Gasteiger partial charge in [-0.05, 0) is 39.8 Å². The lowest BCUT2D eigenvalue weighted by Gasteiger charge is -2.21. The second-order valence-corrected chi connectivity index (χ2v) is 9.88. The number of alkyl carbamates (subject to hydrolysis) is 1. The van der Waals surface area contributed by atoms with E-state index in [0.717, 1.165) is 16.0 Å². The van der Waals surface area contributed by atoms with Gasteiger partial charge in [0.05, 0.1) is 5.88 Å². The van der Waals surface area contributed by atoms with E-state index in [-0.39, 0.29) is 12.5 Å². The summed E-state index contributed by atoms with van der Waals surface area (Å²) in [5, 5.41) is 4.76. The number of allylic oxidation sites excluding steroid dienone is 2. The van der Waals surface area contributed by atoms with Gasteiger partial charge in [0, 0.05) is 21.9 Å². The topological polar surface area (TPSA) is 55.4 Å². The van der Waals surface area contributed by atoms with Crippen molar-refractivity contribution in [2.75, 3.05) is 12.5 Å². The van der Waals surface area contributed by atoms with E-state index in [9.17, 15) is 14.0 Å². The zero-order chi connectivity index (χ0) is 22.8. The Morgan fingerprint density at radius 3 is 2.39 bits per heavy atom. The van der Waals surface area contributed by atoms with E-state index in [1.165, 1.54) is 23.3 Å². The zero-order valence-electron chi connectivity index (χ0n) is 17.7. The number of benzene rings is 3. The molecule has 1 amide bonds. The van der Waals surface area contributed by atoms with Crippen LogP contribution in [0.4, 0.5) is 9.18 Å². The first-order valence-electron chi connectivity index (χ1n) is 10.7. The molecule has 4 nitrogen and oxygen atoms in total.